The number of carbonyl (C=O) groups excluding carboxylic acids is 1. The van der Waals surface area contributed by atoms with Crippen LogP contribution in [0.25, 0.3) is 5.69 Å². The molecule has 0 N–H and O–H groups in total. The zero-order valence-electron chi connectivity index (χ0n) is 12.7. The molecule has 5 nitrogen and oxygen atoms in total. The fourth-order valence-electron chi connectivity index (χ4n) is 2.46. The molecule has 0 spiro atoms. The minimum atomic E-state index is -0.472. The van der Waals surface area contributed by atoms with Crippen LogP contribution in [-0.4, -0.2) is 17.1 Å². The first-order chi connectivity index (χ1) is 10.5. The third kappa shape index (κ3) is 2.63. The van der Waals surface area contributed by atoms with Gasteiger partial charge in [-0.2, -0.15) is 5.26 Å². The minimum absolute atomic E-state index is 0.256. The molecule has 22 heavy (non-hydrogen) atoms. The van der Waals surface area contributed by atoms with Crippen LogP contribution in [0, 0.1) is 25.2 Å². The molecule has 1 aromatic heterocycles. The minimum Gasteiger partial charge on any atom is -0.462 e. The number of para-hydroxylation sites is 1. The predicted molar refractivity (Wildman–Crippen MR) is 82.2 cm³/mol. The molecule has 0 radical (unpaired) electrons. The summed E-state index contributed by atoms with van der Waals surface area (Å²) >= 11 is 0. The van der Waals surface area contributed by atoms with Crippen molar-refractivity contribution < 1.29 is 9.53 Å². The van der Waals surface area contributed by atoms with E-state index in [0.717, 1.165) is 0 Å². The van der Waals surface area contributed by atoms with E-state index in [1.54, 1.807) is 45.0 Å². The molecule has 0 bridgehead atoms. The first kappa shape index (κ1) is 15.5. The normalized spacial score (nSPS) is 10.1. The van der Waals surface area contributed by atoms with Gasteiger partial charge in [0.05, 0.1) is 23.4 Å². The number of aryl methyl sites for hydroxylation is 1. The van der Waals surface area contributed by atoms with Gasteiger partial charge >= 0.3 is 5.97 Å². The van der Waals surface area contributed by atoms with E-state index >= 15 is 0 Å². The van der Waals surface area contributed by atoms with Crippen LogP contribution in [0.15, 0.2) is 35.1 Å². The van der Waals surface area contributed by atoms with Gasteiger partial charge in [0.1, 0.15) is 6.07 Å². The van der Waals surface area contributed by atoms with E-state index in [2.05, 4.69) is 6.07 Å². The van der Waals surface area contributed by atoms with Gasteiger partial charge in [0.15, 0.2) is 0 Å². The van der Waals surface area contributed by atoms with E-state index in [1.165, 1.54) is 10.6 Å². The summed E-state index contributed by atoms with van der Waals surface area (Å²) in [6.07, 6.45) is 0. The third-order valence-corrected chi connectivity index (χ3v) is 3.40. The van der Waals surface area contributed by atoms with Crippen LogP contribution in [0.5, 0.6) is 0 Å². The van der Waals surface area contributed by atoms with Crippen molar-refractivity contribution in [2.75, 3.05) is 6.61 Å². The molecular formula is C17H16N2O3. The molecule has 0 aliphatic rings. The lowest BCUT2D eigenvalue weighted by Crippen LogP contribution is -2.25. The maximum absolute atomic E-state index is 12.4. The summed E-state index contributed by atoms with van der Waals surface area (Å²) in [5.74, 6) is -0.472. The largest absolute Gasteiger partial charge is 0.462 e. The molecule has 0 atom stereocenters. The second-order valence-corrected chi connectivity index (χ2v) is 4.81. The molecule has 112 valence electrons. The lowest BCUT2D eigenvalue weighted by atomic mass is 10.1. The number of nitriles is 1. The molecule has 0 aliphatic carbocycles. The van der Waals surface area contributed by atoms with Crippen molar-refractivity contribution in [2.45, 2.75) is 20.8 Å². The van der Waals surface area contributed by atoms with Gasteiger partial charge in [-0.1, -0.05) is 12.1 Å². The summed E-state index contributed by atoms with van der Waals surface area (Å²) in [7, 11) is 0. The van der Waals surface area contributed by atoms with Crippen molar-refractivity contribution in [1.82, 2.24) is 4.57 Å². The Balaban J connectivity index is 2.78. The molecular weight excluding hydrogens is 280 g/mol. The van der Waals surface area contributed by atoms with Crippen LogP contribution in [-0.2, 0) is 4.74 Å². The van der Waals surface area contributed by atoms with Crippen molar-refractivity contribution in [3.8, 4) is 11.8 Å². The summed E-state index contributed by atoms with van der Waals surface area (Å²) in [6.45, 7) is 5.35. The van der Waals surface area contributed by atoms with Crippen molar-refractivity contribution in [2.24, 2.45) is 0 Å². The van der Waals surface area contributed by atoms with Crippen molar-refractivity contribution in [1.29, 1.82) is 5.26 Å². The molecule has 1 heterocycles. The molecule has 1 aromatic carbocycles. The highest BCUT2D eigenvalue weighted by Crippen LogP contribution is 2.19. The standard InChI is InChI=1S/C17H16N2O3/c1-4-22-17(21)16-11(2)9-15(20)19(12(16)3)14-8-6-5-7-13(14)10-18/h5-9H,4H2,1-3H3. The third-order valence-electron chi connectivity index (χ3n) is 3.40. The molecule has 5 heteroatoms. The van der Waals surface area contributed by atoms with Crippen LogP contribution < -0.4 is 5.56 Å². The summed E-state index contributed by atoms with van der Waals surface area (Å²) in [6, 6.07) is 10.2. The van der Waals surface area contributed by atoms with E-state index in [0.29, 0.717) is 28.1 Å². The molecule has 0 amide bonds. The summed E-state index contributed by atoms with van der Waals surface area (Å²) in [5, 5.41) is 9.22. The van der Waals surface area contributed by atoms with Crippen molar-refractivity contribution in [3.05, 3.63) is 63.1 Å². The number of nitrogens with zero attached hydrogens (tertiary/aromatic N) is 2. The summed E-state index contributed by atoms with van der Waals surface area (Å²) < 4.78 is 6.43. The molecule has 0 saturated heterocycles. The Morgan fingerprint density at radius 1 is 1.32 bits per heavy atom. The van der Waals surface area contributed by atoms with Gasteiger partial charge in [-0.25, -0.2) is 4.79 Å². The van der Waals surface area contributed by atoms with Crippen LogP contribution >= 0.6 is 0 Å². The van der Waals surface area contributed by atoms with Crippen molar-refractivity contribution >= 4 is 5.97 Å². The highest BCUT2D eigenvalue weighted by molar-refractivity contribution is 5.92. The highest BCUT2D eigenvalue weighted by Gasteiger charge is 2.19. The number of hydrogen-bond donors (Lipinski definition) is 0. The number of pyridine rings is 1. The summed E-state index contributed by atoms with van der Waals surface area (Å²) in [4.78, 5) is 24.5. The second kappa shape index (κ2) is 6.27. The maximum Gasteiger partial charge on any atom is 0.340 e. The van der Waals surface area contributed by atoms with E-state index in [9.17, 15) is 14.9 Å². The average molecular weight is 296 g/mol. The first-order valence-electron chi connectivity index (χ1n) is 6.91. The van der Waals surface area contributed by atoms with Gasteiger partial charge in [-0.3, -0.25) is 9.36 Å². The van der Waals surface area contributed by atoms with E-state index in [4.69, 9.17) is 4.74 Å². The second-order valence-electron chi connectivity index (χ2n) is 4.81. The van der Waals surface area contributed by atoms with Gasteiger partial charge in [0.25, 0.3) is 5.56 Å². The Morgan fingerprint density at radius 2 is 2.00 bits per heavy atom. The van der Waals surface area contributed by atoms with Gasteiger partial charge < -0.3 is 4.74 Å². The number of benzene rings is 1. The zero-order valence-corrected chi connectivity index (χ0v) is 12.7. The molecule has 0 aliphatic heterocycles. The van der Waals surface area contributed by atoms with Crippen LogP contribution in [0.2, 0.25) is 0 Å². The number of hydrogen-bond acceptors (Lipinski definition) is 4. The van der Waals surface area contributed by atoms with Crippen molar-refractivity contribution in [3.63, 3.8) is 0 Å². The Morgan fingerprint density at radius 3 is 2.64 bits per heavy atom. The van der Waals surface area contributed by atoms with Gasteiger partial charge in [0.2, 0.25) is 0 Å². The Bertz CT molecular complexity index is 829. The Labute approximate surface area is 128 Å². The highest BCUT2D eigenvalue weighted by atomic mass is 16.5. The Hall–Kier alpha value is -2.87. The number of aromatic nitrogens is 1. The Kier molecular flexibility index (Phi) is 4.42. The van der Waals surface area contributed by atoms with Gasteiger partial charge in [0, 0.05) is 11.8 Å². The van der Waals surface area contributed by atoms with E-state index in [-0.39, 0.29) is 12.2 Å². The van der Waals surface area contributed by atoms with Crippen LogP contribution in [0.3, 0.4) is 0 Å². The topological polar surface area (TPSA) is 72.1 Å². The molecule has 0 saturated carbocycles. The monoisotopic (exact) mass is 296 g/mol. The molecule has 2 aromatic rings. The molecule has 0 fully saturated rings. The number of rotatable bonds is 3. The van der Waals surface area contributed by atoms with Crippen LogP contribution in [0.1, 0.15) is 34.1 Å². The predicted octanol–water partition coefficient (Wildman–Crippen LogP) is 2.50. The maximum atomic E-state index is 12.4. The number of esters is 1. The van der Waals surface area contributed by atoms with Gasteiger partial charge in [-0.15, -0.1) is 0 Å². The zero-order chi connectivity index (χ0) is 16.3. The summed E-state index contributed by atoms with van der Waals surface area (Å²) in [5.41, 5.74) is 1.92. The van der Waals surface area contributed by atoms with E-state index < -0.39 is 5.97 Å². The smallest absolute Gasteiger partial charge is 0.340 e. The average Bonchev–Trinajstić information content (AvgIpc) is 2.47. The molecule has 0 unspecified atom stereocenters. The lowest BCUT2D eigenvalue weighted by Gasteiger charge is -2.16. The fraction of sp³-hybridized carbons (Fsp3) is 0.235. The van der Waals surface area contributed by atoms with Gasteiger partial charge in [-0.05, 0) is 38.5 Å². The molecule has 2 rings (SSSR count). The SMILES string of the molecule is CCOC(=O)c1c(C)cc(=O)n(-c2ccccc2C#N)c1C. The number of ether oxygens (including phenoxy) is 1. The first-order valence-corrected chi connectivity index (χ1v) is 6.91. The lowest BCUT2D eigenvalue weighted by molar-refractivity contribution is 0.0523. The van der Waals surface area contributed by atoms with E-state index in [1.807, 2.05) is 0 Å². The quantitative estimate of drug-likeness (QED) is 0.816. The fourth-order valence-corrected chi connectivity index (χ4v) is 2.46. The number of carbonyl (C=O) groups is 1. The van der Waals surface area contributed by atoms with Crippen LogP contribution in [0.4, 0.5) is 0 Å².